The van der Waals surface area contributed by atoms with Gasteiger partial charge in [0.15, 0.2) is 5.96 Å². The van der Waals surface area contributed by atoms with Gasteiger partial charge in [0.25, 0.3) is 0 Å². The van der Waals surface area contributed by atoms with Crippen LogP contribution in [0.25, 0.3) is 0 Å². The Labute approximate surface area is 204 Å². The number of guanidine groups is 1. The van der Waals surface area contributed by atoms with Crippen molar-refractivity contribution in [3.63, 3.8) is 0 Å². The standard InChI is InChI=1S/C23H37N5O2.HI/c1-18-13-19(2)17-28(16-18)23(24-3)25-15-20-5-4-6-21(14-20)26-22(29)7-8-27-9-11-30-12-10-27;/h4-6,14,18-19H,7-13,15-17H2,1-3H3,(H,24,25)(H,26,29);1H. The number of rotatable bonds is 6. The second-order valence-electron chi connectivity index (χ2n) is 8.70. The van der Waals surface area contributed by atoms with Crippen molar-refractivity contribution in [2.24, 2.45) is 16.8 Å². The summed E-state index contributed by atoms with van der Waals surface area (Å²) in [6, 6.07) is 8.04. The molecule has 8 heteroatoms. The summed E-state index contributed by atoms with van der Waals surface area (Å²) in [5.74, 6) is 2.37. The average Bonchev–Trinajstić information content (AvgIpc) is 2.73. The highest BCUT2D eigenvalue weighted by atomic mass is 127. The molecule has 3 rings (SSSR count). The average molecular weight is 543 g/mol. The topological polar surface area (TPSA) is 69.2 Å². The lowest BCUT2D eigenvalue weighted by atomic mass is 9.92. The Morgan fingerprint density at radius 1 is 1.19 bits per heavy atom. The van der Waals surface area contributed by atoms with E-state index in [-0.39, 0.29) is 29.9 Å². The monoisotopic (exact) mass is 543 g/mol. The SMILES string of the molecule is CN=C(NCc1cccc(NC(=O)CCN2CCOCC2)c1)N1CC(C)CC(C)C1.I. The van der Waals surface area contributed by atoms with E-state index in [1.54, 1.807) is 0 Å². The number of benzene rings is 1. The van der Waals surface area contributed by atoms with E-state index < -0.39 is 0 Å². The van der Waals surface area contributed by atoms with Gasteiger partial charge in [0.05, 0.1) is 13.2 Å². The van der Waals surface area contributed by atoms with Crippen LogP contribution in [0.2, 0.25) is 0 Å². The number of piperidine rings is 1. The second-order valence-corrected chi connectivity index (χ2v) is 8.70. The lowest BCUT2D eigenvalue weighted by Gasteiger charge is -2.37. The van der Waals surface area contributed by atoms with Crippen LogP contribution in [0.1, 0.15) is 32.3 Å². The van der Waals surface area contributed by atoms with E-state index in [4.69, 9.17) is 4.74 Å². The zero-order chi connectivity index (χ0) is 21.3. The van der Waals surface area contributed by atoms with Crippen molar-refractivity contribution in [2.45, 2.75) is 33.2 Å². The Kier molecular flexibility index (Phi) is 11.0. The molecule has 0 spiro atoms. The van der Waals surface area contributed by atoms with Crippen molar-refractivity contribution in [1.29, 1.82) is 0 Å². The molecule has 0 radical (unpaired) electrons. The van der Waals surface area contributed by atoms with E-state index in [1.165, 1.54) is 6.42 Å². The van der Waals surface area contributed by atoms with Crippen LogP contribution in [0.15, 0.2) is 29.3 Å². The largest absolute Gasteiger partial charge is 0.379 e. The third-order valence-corrected chi connectivity index (χ3v) is 5.80. The van der Waals surface area contributed by atoms with Gasteiger partial charge in [-0.2, -0.15) is 0 Å². The normalized spacial score (nSPS) is 22.5. The molecule has 2 aliphatic heterocycles. The molecule has 2 aliphatic rings. The number of nitrogens with zero attached hydrogens (tertiary/aromatic N) is 3. The maximum atomic E-state index is 12.3. The van der Waals surface area contributed by atoms with Gasteiger partial charge >= 0.3 is 0 Å². The molecule has 2 atom stereocenters. The van der Waals surface area contributed by atoms with Gasteiger partial charge in [-0.15, -0.1) is 24.0 Å². The second kappa shape index (κ2) is 13.2. The predicted octanol–water partition coefficient (Wildman–Crippen LogP) is 3.02. The first-order chi connectivity index (χ1) is 14.5. The molecule has 1 aromatic carbocycles. The number of aliphatic imine (C=N–C) groups is 1. The predicted molar refractivity (Wildman–Crippen MR) is 137 cm³/mol. The van der Waals surface area contributed by atoms with Crippen molar-refractivity contribution >= 4 is 41.5 Å². The number of likely N-dealkylation sites (tertiary alicyclic amines) is 1. The number of carbonyl (C=O) groups is 1. The van der Waals surface area contributed by atoms with Gasteiger partial charge in [0, 0.05) is 58.4 Å². The van der Waals surface area contributed by atoms with E-state index in [0.29, 0.717) is 24.8 Å². The number of morpholine rings is 1. The highest BCUT2D eigenvalue weighted by Gasteiger charge is 2.23. The van der Waals surface area contributed by atoms with E-state index in [2.05, 4.69) is 45.3 Å². The van der Waals surface area contributed by atoms with Crippen molar-refractivity contribution in [2.75, 3.05) is 58.3 Å². The molecule has 0 saturated carbocycles. The Balaban J connectivity index is 0.00000341. The summed E-state index contributed by atoms with van der Waals surface area (Å²) >= 11 is 0. The smallest absolute Gasteiger partial charge is 0.225 e. The third kappa shape index (κ3) is 8.57. The zero-order valence-corrected chi connectivity index (χ0v) is 21.4. The molecule has 1 aromatic rings. The molecule has 174 valence electrons. The van der Waals surface area contributed by atoms with Gasteiger partial charge in [-0.05, 0) is 36.0 Å². The molecule has 1 amide bonds. The molecule has 31 heavy (non-hydrogen) atoms. The van der Waals surface area contributed by atoms with Crippen molar-refractivity contribution in [3.05, 3.63) is 29.8 Å². The summed E-state index contributed by atoms with van der Waals surface area (Å²) in [4.78, 5) is 21.5. The Morgan fingerprint density at radius 3 is 2.58 bits per heavy atom. The highest BCUT2D eigenvalue weighted by molar-refractivity contribution is 14.0. The highest BCUT2D eigenvalue weighted by Crippen LogP contribution is 2.21. The molecule has 2 unspecified atom stereocenters. The minimum absolute atomic E-state index is 0. The number of hydrogen-bond donors (Lipinski definition) is 2. The van der Waals surface area contributed by atoms with Gasteiger partial charge in [0.2, 0.25) is 5.91 Å². The number of hydrogen-bond acceptors (Lipinski definition) is 4. The van der Waals surface area contributed by atoms with Crippen molar-refractivity contribution in [3.8, 4) is 0 Å². The summed E-state index contributed by atoms with van der Waals surface area (Å²) in [6.45, 7) is 11.5. The fourth-order valence-electron chi connectivity index (χ4n) is 4.42. The molecular weight excluding hydrogens is 505 g/mol. The maximum absolute atomic E-state index is 12.3. The summed E-state index contributed by atoms with van der Waals surface area (Å²) in [5.41, 5.74) is 1.97. The Bertz CT molecular complexity index is 714. The number of ether oxygens (including phenoxy) is 1. The minimum Gasteiger partial charge on any atom is -0.379 e. The number of anilines is 1. The minimum atomic E-state index is 0. The van der Waals surface area contributed by atoms with E-state index >= 15 is 0 Å². The number of halogens is 1. The third-order valence-electron chi connectivity index (χ3n) is 5.80. The first kappa shape index (κ1) is 25.9. The van der Waals surface area contributed by atoms with Crippen LogP contribution in [0.5, 0.6) is 0 Å². The van der Waals surface area contributed by atoms with Crippen molar-refractivity contribution in [1.82, 2.24) is 15.1 Å². The molecule has 2 saturated heterocycles. The summed E-state index contributed by atoms with van der Waals surface area (Å²) < 4.78 is 5.35. The van der Waals surface area contributed by atoms with Crippen LogP contribution in [0.4, 0.5) is 5.69 Å². The molecular formula is C23H38IN5O2. The van der Waals surface area contributed by atoms with Crippen LogP contribution >= 0.6 is 24.0 Å². The summed E-state index contributed by atoms with van der Waals surface area (Å²) in [7, 11) is 1.84. The van der Waals surface area contributed by atoms with Crippen LogP contribution in [0.3, 0.4) is 0 Å². The summed E-state index contributed by atoms with van der Waals surface area (Å²) in [6.07, 6.45) is 1.78. The number of carbonyl (C=O) groups excluding carboxylic acids is 1. The van der Waals surface area contributed by atoms with Gasteiger partial charge < -0.3 is 20.3 Å². The van der Waals surface area contributed by atoms with Gasteiger partial charge in [-0.1, -0.05) is 26.0 Å². The van der Waals surface area contributed by atoms with Crippen molar-refractivity contribution < 1.29 is 9.53 Å². The van der Waals surface area contributed by atoms with E-state index in [1.807, 2.05) is 25.2 Å². The summed E-state index contributed by atoms with van der Waals surface area (Å²) in [5, 5.41) is 6.52. The van der Waals surface area contributed by atoms with Crippen LogP contribution in [0, 0.1) is 11.8 Å². The molecule has 7 nitrogen and oxygen atoms in total. The fraction of sp³-hybridized carbons (Fsp3) is 0.652. The molecule has 0 bridgehead atoms. The van der Waals surface area contributed by atoms with Gasteiger partial charge in [-0.25, -0.2) is 0 Å². The lowest BCUT2D eigenvalue weighted by molar-refractivity contribution is -0.116. The van der Waals surface area contributed by atoms with Crippen LogP contribution < -0.4 is 10.6 Å². The number of nitrogens with one attached hydrogen (secondary N) is 2. The molecule has 2 N–H and O–H groups in total. The Hall–Kier alpha value is -1.39. The molecule has 2 fully saturated rings. The Morgan fingerprint density at radius 2 is 1.90 bits per heavy atom. The van der Waals surface area contributed by atoms with E-state index in [9.17, 15) is 4.79 Å². The maximum Gasteiger partial charge on any atom is 0.225 e. The molecule has 0 aliphatic carbocycles. The first-order valence-electron chi connectivity index (χ1n) is 11.2. The molecule has 2 heterocycles. The fourth-order valence-corrected chi connectivity index (χ4v) is 4.42. The van der Waals surface area contributed by atoms with Gasteiger partial charge in [-0.3, -0.25) is 14.7 Å². The van der Waals surface area contributed by atoms with E-state index in [0.717, 1.165) is 63.1 Å². The van der Waals surface area contributed by atoms with Gasteiger partial charge in [0.1, 0.15) is 0 Å². The quantitative estimate of drug-likeness (QED) is 0.328. The zero-order valence-electron chi connectivity index (χ0n) is 19.1. The van der Waals surface area contributed by atoms with Crippen LogP contribution in [-0.2, 0) is 16.1 Å². The van der Waals surface area contributed by atoms with Crippen LogP contribution in [-0.4, -0.2) is 74.7 Å². The molecule has 0 aromatic heterocycles. The lowest BCUT2D eigenvalue weighted by Crippen LogP contribution is -2.48. The number of amides is 1. The first-order valence-corrected chi connectivity index (χ1v) is 11.2.